The lowest BCUT2D eigenvalue weighted by Crippen LogP contribution is -2.30. The number of carbonyl (C=O) groups excluding carboxylic acids is 1. The summed E-state index contributed by atoms with van der Waals surface area (Å²) in [6, 6.07) is 26.3. The summed E-state index contributed by atoms with van der Waals surface area (Å²) in [6.45, 7) is 0.527. The number of carbonyl (C=O) groups is 1. The number of aromatic nitrogens is 2. The second kappa shape index (κ2) is 6.82. The zero-order valence-electron chi connectivity index (χ0n) is 15.2. The number of imidazole rings is 1. The van der Waals surface area contributed by atoms with E-state index in [9.17, 15) is 4.79 Å². The molecule has 4 heteroatoms. The Morgan fingerprint density at radius 1 is 0.893 bits per heavy atom. The van der Waals surface area contributed by atoms with Gasteiger partial charge in [0, 0.05) is 17.7 Å². The fourth-order valence-electron chi connectivity index (χ4n) is 3.88. The molecule has 2 heterocycles. The van der Waals surface area contributed by atoms with Crippen molar-refractivity contribution in [2.24, 2.45) is 0 Å². The fraction of sp³-hybridized carbons (Fsp3) is 0.0833. The van der Waals surface area contributed by atoms with Crippen LogP contribution in [0, 0.1) is 0 Å². The van der Waals surface area contributed by atoms with Crippen LogP contribution in [0.15, 0.2) is 91.4 Å². The van der Waals surface area contributed by atoms with Gasteiger partial charge in [0.05, 0.1) is 24.3 Å². The monoisotopic (exact) mass is 365 g/mol. The third-order valence-corrected chi connectivity index (χ3v) is 5.31. The molecule has 1 aliphatic heterocycles. The summed E-state index contributed by atoms with van der Waals surface area (Å²) >= 11 is 0. The lowest BCUT2D eigenvalue weighted by Gasteiger charge is -2.16. The minimum absolute atomic E-state index is 0.0642. The van der Waals surface area contributed by atoms with Gasteiger partial charge < -0.3 is 9.88 Å². The molecule has 0 fully saturated rings. The normalized spacial score (nSPS) is 14.4. The molecular weight excluding hydrogens is 346 g/mol. The van der Waals surface area contributed by atoms with Gasteiger partial charge in [-0.05, 0) is 28.8 Å². The molecule has 1 aromatic heterocycles. The second-order valence-corrected chi connectivity index (χ2v) is 6.94. The standard InChI is InChI=1S/C24H19N3O/c28-24(19-12-10-18(11-13-19)17-6-2-1-3-7-17)26-15-23-21-9-5-4-8-20(21)22-14-25-16-27(22)23/h1-14,16,23H,15H2,(H,26,28)/t23-/m0/s1. The molecule has 1 atom stereocenters. The van der Waals surface area contributed by atoms with Crippen LogP contribution in [0.25, 0.3) is 22.4 Å². The van der Waals surface area contributed by atoms with Gasteiger partial charge in [-0.25, -0.2) is 4.98 Å². The van der Waals surface area contributed by atoms with Crippen molar-refractivity contribution in [2.75, 3.05) is 6.54 Å². The maximum atomic E-state index is 12.7. The quantitative estimate of drug-likeness (QED) is 0.577. The van der Waals surface area contributed by atoms with Gasteiger partial charge in [0.15, 0.2) is 0 Å². The zero-order valence-corrected chi connectivity index (χ0v) is 15.2. The first-order valence-electron chi connectivity index (χ1n) is 9.36. The molecule has 0 saturated heterocycles. The Balaban J connectivity index is 1.32. The van der Waals surface area contributed by atoms with Crippen molar-refractivity contribution < 1.29 is 4.79 Å². The third-order valence-electron chi connectivity index (χ3n) is 5.31. The van der Waals surface area contributed by atoms with Crippen LogP contribution in [0.5, 0.6) is 0 Å². The molecule has 5 rings (SSSR count). The molecule has 3 aromatic carbocycles. The van der Waals surface area contributed by atoms with Crippen molar-refractivity contribution in [2.45, 2.75) is 6.04 Å². The summed E-state index contributed by atoms with van der Waals surface area (Å²) in [7, 11) is 0. The molecule has 0 saturated carbocycles. The molecule has 28 heavy (non-hydrogen) atoms. The van der Waals surface area contributed by atoms with Gasteiger partial charge in [-0.1, -0.05) is 66.7 Å². The van der Waals surface area contributed by atoms with Gasteiger partial charge in [-0.2, -0.15) is 0 Å². The summed E-state index contributed by atoms with van der Waals surface area (Å²) < 4.78 is 2.13. The Labute approximate surface area is 163 Å². The Kier molecular flexibility index (Phi) is 4.02. The largest absolute Gasteiger partial charge is 0.350 e. The van der Waals surface area contributed by atoms with Gasteiger partial charge in [-0.15, -0.1) is 0 Å². The summed E-state index contributed by atoms with van der Waals surface area (Å²) in [6.07, 6.45) is 3.71. The molecule has 4 nitrogen and oxygen atoms in total. The van der Waals surface area contributed by atoms with Crippen LogP contribution >= 0.6 is 0 Å². The average molecular weight is 365 g/mol. The molecule has 0 spiro atoms. The molecule has 1 aliphatic rings. The van der Waals surface area contributed by atoms with E-state index in [1.165, 1.54) is 11.1 Å². The van der Waals surface area contributed by atoms with E-state index in [4.69, 9.17) is 0 Å². The Hall–Kier alpha value is -3.66. The van der Waals surface area contributed by atoms with Crippen molar-refractivity contribution in [3.63, 3.8) is 0 Å². The Morgan fingerprint density at radius 2 is 1.61 bits per heavy atom. The Morgan fingerprint density at radius 3 is 2.43 bits per heavy atom. The third kappa shape index (κ3) is 2.79. The van der Waals surface area contributed by atoms with Crippen LogP contribution in [0.4, 0.5) is 0 Å². The minimum atomic E-state index is -0.0642. The highest BCUT2D eigenvalue weighted by Gasteiger charge is 2.28. The number of fused-ring (bicyclic) bond motifs is 3. The predicted octanol–water partition coefficient (Wildman–Crippen LogP) is 4.55. The van der Waals surface area contributed by atoms with E-state index in [0.29, 0.717) is 12.1 Å². The maximum absolute atomic E-state index is 12.7. The SMILES string of the molecule is O=C(NC[C@H]1c2ccccc2-c2cncn21)c1ccc(-c2ccccc2)cc1. The van der Waals surface area contributed by atoms with E-state index >= 15 is 0 Å². The maximum Gasteiger partial charge on any atom is 0.251 e. The molecule has 0 aliphatic carbocycles. The smallest absolute Gasteiger partial charge is 0.251 e. The molecular formula is C24H19N3O. The molecule has 0 unspecified atom stereocenters. The fourth-order valence-corrected chi connectivity index (χ4v) is 3.88. The van der Waals surface area contributed by atoms with Crippen LogP contribution in [-0.4, -0.2) is 22.0 Å². The number of rotatable bonds is 4. The van der Waals surface area contributed by atoms with Crippen molar-refractivity contribution in [3.05, 3.63) is 103 Å². The summed E-state index contributed by atoms with van der Waals surface area (Å²) in [5.41, 5.74) is 6.42. The topological polar surface area (TPSA) is 46.9 Å². The van der Waals surface area contributed by atoms with Crippen LogP contribution in [0.2, 0.25) is 0 Å². The first-order chi connectivity index (χ1) is 13.8. The summed E-state index contributed by atoms with van der Waals surface area (Å²) in [4.78, 5) is 16.9. The lowest BCUT2D eigenvalue weighted by molar-refractivity contribution is 0.0950. The van der Waals surface area contributed by atoms with Crippen LogP contribution < -0.4 is 5.32 Å². The van der Waals surface area contributed by atoms with Crippen LogP contribution in [-0.2, 0) is 0 Å². The highest BCUT2D eigenvalue weighted by Crippen LogP contribution is 2.38. The lowest BCUT2D eigenvalue weighted by atomic mass is 10.0. The average Bonchev–Trinajstić information content (AvgIpc) is 3.34. The molecule has 136 valence electrons. The number of benzene rings is 3. The number of hydrogen-bond acceptors (Lipinski definition) is 2. The van der Waals surface area contributed by atoms with E-state index in [-0.39, 0.29) is 11.9 Å². The van der Waals surface area contributed by atoms with Gasteiger partial charge in [0.2, 0.25) is 0 Å². The predicted molar refractivity (Wildman–Crippen MR) is 110 cm³/mol. The minimum Gasteiger partial charge on any atom is -0.350 e. The van der Waals surface area contributed by atoms with E-state index < -0.39 is 0 Å². The number of amides is 1. The Bertz CT molecular complexity index is 1130. The molecule has 4 aromatic rings. The van der Waals surface area contributed by atoms with E-state index in [2.05, 4.69) is 39.1 Å². The van der Waals surface area contributed by atoms with Gasteiger partial charge in [-0.3, -0.25) is 4.79 Å². The molecule has 1 amide bonds. The van der Waals surface area contributed by atoms with Gasteiger partial charge in [0.1, 0.15) is 0 Å². The van der Waals surface area contributed by atoms with Crippen LogP contribution in [0.3, 0.4) is 0 Å². The van der Waals surface area contributed by atoms with Crippen molar-refractivity contribution in [1.82, 2.24) is 14.9 Å². The highest BCUT2D eigenvalue weighted by atomic mass is 16.1. The zero-order chi connectivity index (χ0) is 18.9. The number of hydrogen-bond donors (Lipinski definition) is 1. The summed E-state index contributed by atoms with van der Waals surface area (Å²) in [5.74, 6) is -0.0642. The molecule has 0 radical (unpaired) electrons. The van der Waals surface area contributed by atoms with Crippen molar-refractivity contribution in [3.8, 4) is 22.4 Å². The van der Waals surface area contributed by atoms with Crippen molar-refractivity contribution >= 4 is 5.91 Å². The number of nitrogens with zero attached hydrogens (tertiary/aromatic N) is 2. The van der Waals surface area contributed by atoms with E-state index in [1.807, 2.05) is 67.1 Å². The molecule has 0 bridgehead atoms. The van der Waals surface area contributed by atoms with E-state index in [1.54, 1.807) is 0 Å². The van der Waals surface area contributed by atoms with Crippen molar-refractivity contribution in [1.29, 1.82) is 0 Å². The van der Waals surface area contributed by atoms with Gasteiger partial charge in [0.25, 0.3) is 5.91 Å². The second-order valence-electron chi connectivity index (χ2n) is 6.94. The first-order valence-corrected chi connectivity index (χ1v) is 9.36. The summed E-state index contributed by atoms with van der Waals surface area (Å²) in [5, 5.41) is 3.08. The van der Waals surface area contributed by atoms with E-state index in [0.717, 1.165) is 16.8 Å². The van der Waals surface area contributed by atoms with Crippen LogP contribution in [0.1, 0.15) is 22.0 Å². The number of nitrogens with one attached hydrogen (secondary N) is 1. The highest BCUT2D eigenvalue weighted by molar-refractivity contribution is 5.94. The van der Waals surface area contributed by atoms with Gasteiger partial charge >= 0.3 is 0 Å². The first kappa shape index (κ1) is 16.5. The molecule has 1 N–H and O–H groups in total.